The van der Waals surface area contributed by atoms with Crippen LogP contribution in [-0.2, 0) is 0 Å². The van der Waals surface area contributed by atoms with E-state index in [9.17, 15) is 10.1 Å². The summed E-state index contributed by atoms with van der Waals surface area (Å²) in [4.78, 5) is 22.7. The van der Waals surface area contributed by atoms with Crippen LogP contribution in [-0.4, -0.2) is 26.4 Å². The first kappa shape index (κ1) is 14.3. The molecule has 106 valence electrons. The van der Waals surface area contributed by atoms with Gasteiger partial charge in [-0.25, -0.2) is 15.0 Å². The Hall–Kier alpha value is -2.16. The molecule has 9 heteroatoms. The number of aromatic nitrogens is 3. The van der Waals surface area contributed by atoms with Crippen molar-refractivity contribution < 1.29 is 9.34 Å². The molecule has 0 aliphatic heterocycles. The Morgan fingerprint density at radius 1 is 1.50 bits per heavy atom. The van der Waals surface area contributed by atoms with Gasteiger partial charge in [0.1, 0.15) is 12.6 Å². The molecular formula is C11H13N5O3S. The number of oxazole rings is 1. The van der Waals surface area contributed by atoms with Crippen LogP contribution >= 0.6 is 11.8 Å². The Morgan fingerprint density at radius 2 is 2.30 bits per heavy atom. The standard InChI is InChI=1S/C11H13N5O3S/c1-3-4-12-9-8(16(17)18)10(14-6-13-9)20-11-15-7(2)5-19-11/h5-6H,3-4H2,1-2H3,(H,12,13,14). The fourth-order valence-corrected chi connectivity index (χ4v) is 2.26. The van der Waals surface area contributed by atoms with E-state index in [1.54, 1.807) is 6.92 Å². The summed E-state index contributed by atoms with van der Waals surface area (Å²) >= 11 is 1.00. The van der Waals surface area contributed by atoms with Crippen LogP contribution in [0.2, 0.25) is 0 Å². The summed E-state index contributed by atoms with van der Waals surface area (Å²) in [6, 6.07) is 0. The minimum Gasteiger partial charge on any atom is -0.439 e. The van der Waals surface area contributed by atoms with Crippen molar-refractivity contribution in [3.63, 3.8) is 0 Å². The van der Waals surface area contributed by atoms with Crippen LogP contribution in [0.5, 0.6) is 0 Å². The third-order valence-corrected chi connectivity index (χ3v) is 3.15. The molecule has 2 aromatic rings. The smallest absolute Gasteiger partial charge is 0.343 e. The Bertz CT molecular complexity index is 616. The predicted octanol–water partition coefficient (Wildman–Crippen LogP) is 2.65. The van der Waals surface area contributed by atoms with Crippen LogP contribution in [0.1, 0.15) is 19.0 Å². The van der Waals surface area contributed by atoms with Crippen molar-refractivity contribution in [3.8, 4) is 0 Å². The maximum Gasteiger partial charge on any atom is 0.343 e. The topological polar surface area (TPSA) is 107 Å². The van der Waals surface area contributed by atoms with E-state index >= 15 is 0 Å². The summed E-state index contributed by atoms with van der Waals surface area (Å²) < 4.78 is 5.17. The Morgan fingerprint density at radius 3 is 2.90 bits per heavy atom. The molecule has 2 heterocycles. The number of nitrogens with zero attached hydrogens (tertiary/aromatic N) is 4. The van der Waals surface area contributed by atoms with Crippen molar-refractivity contribution in [2.75, 3.05) is 11.9 Å². The molecule has 0 radical (unpaired) electrons. The monoisotopic (exact) mass is 295 g/mol. The van der Waals surface area contributed by atoms with Crippen molar-refractivity contribution in [3.05, 3.63) is 28.4 Å². The highest BCUT2D eigenvalue weighted by Gasteiger charge is 2.24. The van der Waals surface area contributed by atoms with Gasteiger partial charge in [0.2, 0.25) is 5.82 Å². The van der Waals surface area contributed by atoms with Gasteiger partial charge < -0.3 is 9.73 Å². The lowest BCUT2D eigenvalue weighted by atomic mass is 10.4. The van der Waals surface area contributed by atoms with E-state index < -0.39 is 4.92 Å². The number of nitrogens with one attached hydrogen (secondary N) is 1. The molecule has 0 aliphatic carbocycles. The highest BCUT2D eigenvalue weighted by atomic mass is 32.2. The van der Waals surface area contributed by atoms with Crippen LogP contribution in [0.15, 0.2) is 27.3 Å². The summed E-state index contributed by atoms with van der Waals surface area (Å²) in [5, 5.41) is 14.7. The predicted molar refractivity (Wildman–Crippen MR) is 72.8 cm³/mol. The molecule has 1 N–H and O–H groups in total. The largest absolute Gasteiger partial charge is 0.439 e. The SMILES string of the molecule is CCCNc1ncnc(Sc2nc(C)co2)c1[N+](=O)[O-]. The second-order valence-corrected chi connectivity index (χ2v) is 4.86. The van der Waals surface area contributed by atoms with Gasteiger partial charge in [0, 0.05) is 6.54 Å². The zero-order valence-corrected chi connectivity index (χ0v) is 11.8. The number of rotatable bonds is 6. The van der Waals surface area contributed by atoms with Gasteiger partial charge in [0.05, 0.1) is 10.6 Å². The van der Waals surface area contributed by atoms with Gasteiger partial charge in [-0.05, 0) is 25.1 Å². The van der Waals surface area contributed by atoms with Crippen LogP contribution in [0, 0.1) is 17.0 Å². The number of hydrogen-bond acceptors (Lipinski definition) is 8. The first-order valence-electron chi connectivity index (χ1n) is 5.95. The lowest BCUT2D eigenvalue weighted by molar-refractivity contribution is -0.387. The van der Waals surface area contributed by atoms with Crippen molar-refractivity contribution in [2.24, 2.45) is 0 Å². The van der Waals surface area contributed by atoms with Gasteiger partial charge in [-0.3, -0.25) is 10.1 Å². The average Bonchev–Trinajstić information content (AvgIpc) is 2.81. The van der Waals surface area contributed by atoms with Gasteiger partial charge >= 0.3 is 5.69 Å². The Labute approximate surface area is 119 Å². The van der Waals surface area contributed by atoms with E-state index in [2.05, 4.69) is 20.3 Å². The zero-order chi connectivity index (χ0) is 14.5. The summed E-state index contributed by atoms with van der Waals surface area (Å²) in [6.45, 7) is 4.33. The van der Waals surface area contributed by atoms with Crippen molar-refractivity contribution >= 4 is 23.3 Å². The minimum absolute atomic E-state index is 0.165. The zero-order valence-electron chi connectivity index (χ0n) is 11.0. The summed E-state index contributed by atoms with van der Waals surface area (Å²) in [6.07, 6.45) is 3.59. The number of hydrogen-bond donors (Lipinski definition) is 1. The van der Waals surface area contributed by atoms with E-state index in [-0.39, 0.29) is 16.5 Å². The third kappa shape index (κ3) is 3.23. The molecule has 0 saturated heterocycles. The second-order valence-electron chi connectivity index (χ2n) is 3.92. The molecule has 0 fully saturated rings. The number of aryl methyl sites for hydroxylation is 1. The van der Waals surface area contributed by atoms with E-state index in [0.717, 1.165) is 18.2 Å². The molecule has 2 aromatic heterocycles. The molecule has 2 rings (SSSR count). The average molecular weight is 295 g/mol. The molecule has 0 atom stereocenters. The quantitative estimate of drug-likeness (QED) is 0.492. The lowest BCUT2D eigenvalue weighted by Gasteiger charge is -2.06. The van der Waals surface area contributed by atoms with E-state index in [1.807, 2.05) is 6.92 Å². The third-order valence-electron chi connectivity index (χ3n) is 2.30. The molecule has 0 aromatic carbocycles. The van der Waals surface area contributed by atoms with E-state index in [0.29, 0.717) is 17.5 Å². The summed E-state index contributed by atoms with van der Waals surface area (Å²) in [5.74, 6) is 0.206. The maximum absolute atomic E-state index is 11.2. The maximum atomic E-state index is 11.2. The lowest BCUT2D eigenvalue weighted by Crippen LogP contribution is -2.07. The molecule has 0 bridgehead atoms. The molecule has 0 spiro atoms. The number of nitro groups is 1. The normalized spacial score (nSPS) is 10.5. The number of anilines is 1. The molecule has 0 unspecified atom stereocenters. The molecule has 8 nitrogen and oxygen atoms in total. The van der Waals surface area contributed by atoms with Crippen molar-refractivity contribution in [2.45, 2.75) is 30.5 Å². The fourth-order valence-electron chi connectivity index (χ4n) is 1.44. The van der Waals surface area contributed by atoms with Crippen molar-refractivity contribution in [1.82, 2.24) is 15.0 Å². The van der Waals surface area contributed by atoms with Crippen LogP contribution < -0.4 is 5.32 Å². The van der Waals surface area contributed by atoms with Crippen molar-refractivity contribution in [1.29, 1.82) is 0 Å². The first-order valence-corrected chi connectivity index (χ1v) is 6.76. The van der Waals surface area contributed by atoms with Gasteiger partial charge in [-0.1, -0.05) is 6.92 Å². The van der Waals surface area contributed by atoms with E-state index in [1.165, 1.54) is 12.6 Å². The highest BCUT2D eigenvalue weighted by molar-refractivity contribution is 7.99. The summed E-state index contributed by atoms with van der Waals surface area (Å²) in [5.41, 5.74) is 0.537. The Balaban J connectivity index is 2.33. The van der Waals surface area contributed by atoms with Crippen LogP contribution in [0.4, 0.5) is 11.5 Å². The van der Waals surface area contributed by atoms with Gasteiger partial charge in [-0.15, -0.1) is 0 Å². The molecule has 0 amide bonds. The Kier molecular flexibility index (Phi) is 4.51. The van der Waals surface area contributed by atoms with Gasteiger partial charge in [0.25, 0.3) is 5.22 Å². The van der Waals surface area contributed by atoms with E-state index in [4.69, 9.17) is 4.42 Å². The first-order chi connectivity index (χ1) is 9.61. The second kappa shape index (κ2) is 6.33. The molecule has 0 saturated carbocycles. The molecule has 0 aliphatic rings. The van der Waals surface area contributed by atoms with Crippen LogP contribution in [0.3, 0.4) is 0 Å². The van der Waals surface area contributed by atoms with Gasteiger partial charge in [0.15, 0.2) is 5.03 Å². The minimum atomic E-state index is -0.504. The van der Waals surface area contributed by atoms with Crippen LogP contribution in [0.25, 0.3) is 0 Å². The fraction of sp³-hybridized carbons (Fsp3) is 0.364. The highest BCUT2D eigenvalue weighted by Crippen LogP contribution is 2.35. The summed E-state index contributed by atoms with van der Waals surface area (Å²) in [7, 11) is 0. The van der Waals surface area contributed by atoms with Gasteiger partial charge in [-0.2, -0.15) is 0 Å². The molecular weight excluding hydrogens is 282 g/mol. The molecule has 20 heavy (non-hydrogen) atoms.